The Balaban J connectivity index is 2.34. The molecule has 5 heteroatoms. The second-order valence-electron chi connectivity index (χ2n) is 4.47. The number of aliphatic imine (C=N–C) groups is 1. The van der Waals surface area contributed by atoms with Crippen LogP contribution in [0.2, 0.25) is 0 Å². The Morgan fingerprint density at radius 3 is 2.52 bits per heavy atom. The molecule has 21 heavy (non-hydrogen) atoms. The maximum absolute atomic E-state index is 11.1. The fraction of sp³-hybridized carbons (Fsp3) is 0. The Morgan fingerprint density at radius 2 is 1.90 bits per heavy atom. The molecule has 0 saturated carbocycles. The third-order valence-electron chi connectivity index (χ3n) is 3.20. The van der Waals surface area contributed by atoms with Gasteiger partial charge in [0.25, 0.3) is 0 Å². The van der Waals surface area contributed by atoms with Gasteiger partial charge < -0.3 is 14.6 Å². The van der Waals surface area contributed by atoms with Crippen LogP contribution in [0.4, 0.5) is 5.69 Å². The molecule has 0 radical (unpaired) electrons. The molecule has 104 valence electrons. The van der Waals surface area contributed by atoms with E-state index in [0.29, 0.717) is 22.4 Å². The van der Waals surface area contributed by atoms with Gasteiger partial charge in [-0.3, -0.25) is 4.99 Å². The summed E-state index contributed by atoms with van der Waals surface area (Å²) in [6, 6.07) is 11.9. The second-order valence-corrected chi connectivity index (χ2v) is 4.47. The molecule has 0 aliphatic heterocycles. The lowest BCUT2D eigenvalue weighted by Gasteiger charge is -1.99. The number of hydrogen-bond donors (Lipinski definition) is 2. The molecule has 0 atom stereocenters. The standard InChI is InChI=1S/C16H11NO4/c1-17-14-11-7-10(16(19)20)12(18)8-13(11)21-15(14)9-5-3-2-4-6-9/h2-8,18H,1H2,(H,19,20). The van der Waals surface area contributed by atoms with Crippen LogP contribution >= 0.6 is 0 Å². The van der Waals surface area contributed by atoms with Gasteiger partial charge in [-0.1, -0.05) is 30.3 Å². The zero-order valence-electron chi connectivity index (χ0n) is 10.9. The number of rotatable bonds is 3. The van der Waals surface area contributed by atoms with Crippen LogP contribution < -0.4 is 0 Å². The van der Waals surface area contributed by atoms with E-state index in [4.69, 9.17) is 9.52 Å². The van der Waals surface area contributed by atoms with Crippen LogP contribution in [-0.2, 0) is 0 Å². The maximum atomic E-state index is 11.1. The van der Waals surface area contributed by atoms with Crippen molar-refractivity contribution >= 4 is 29.3 Å². The number of carboxylic acid groups (broad SMARTS) is 1. The molecule has 0 saturated heterocycles. The van der Waals surface area contributed by atoms with Gasteiger partial charge >= 0.3 is 5.97 Å². The van der Waals surface area contributed by atoms with E-state index in [1.165, 1.54) is 12.1 Å². The van der Waals surface area contributed by atoms with Crippen molar-refractivity contribution in [2.24, 2.45) is 4.99 Å². The number of aromatic hydroxyl groups is 1. The third kappa shape index (κ3) is 2.04. The predicted octanol–water partition coefficient (Wildman–Crippen LogP) is 3.84. The van der Waals surface area contributed by atoms with Crippen LogP contribution in [0.5, 0.6) is 5.75 Å². The van der Waals surface area contributed by atoms with Crippen molar-refractivity contribution in [2.45, 2.75) is 0 Å². The first-order valence-corrected chi connectivity index (χ1v) is 6.16. The van der Waals surface area contributed by atoms with Crippen LogP contribution in [0.25, 0.3) is 22.3 Å². The zero-order valence-corrected chi connectivity index (χ0v) is 10.9. The number of nitrogens with zero attached hydrogens (tertiary/aromatic N) is 1. The Kier molecular flexibility index (Phi) is 2.95. The molecule has 0 amide bonds. The van der Waals surface area contributed by atoms with Crippen LogP contribution in [0.1, 0.15) is 10.4 Å². The highest BCUT2D eigenvalue weighted by Crippen LogP contribution is 2.41. The molecule has 2 N–H and O–H groups in total. The van der Waals surface area contributed by atoms with Gasteiger partial charge in [0.1, 0.15) is 22.6 Å². The molecule has 0 spiro atoms. The lowest BCUT2D eigenvalue weighted by atomic mass is 10.1. The topological polar surface area (TPSA) is 83.0 Å². The number of aromatic carboxylic acids is 1. The van der Waals surface area contributed by atoms with E-state index in [1.54, 1.807) is 0 Å². The molecule has 0 fully saturated rings. The van der Waals surface area contributed by atoms with Crippen LogP contribution in [0, 0.1) is 0 Å². The minimum Gasteiger partial charge on any atom is -0.507 e. The van der Waals surface area contributed by atoms with Crippen LogP contribution in [0.15, 0.2) is 51.9 Å². The summed E-state index contributed by atoms with van der Waals surface area (Å²) in [6.45, 7) is 3.52. The summed E-state index contributed by atoms with van der Waals surface area (Å²) >= 11 is 0. The number of fused-ring (bicyclic) bond motifs is 1. The fourth-order valence-electron chi connectivity index (χ4n) is 2.23. The van der Waals surface area contributed by atoms with Crippen molar-refractivity contribution < 1.29 is 19.4 Å². The van der Waals surface area contributed by atoms with Gasteiger partial charge in [-0.2, -0.15) is 0 Å². The number of carboxylic acids is 1. The monoisotopic (exact) mass is 281 g/mol. The van der Waals surface area contributed by atoms with Crippen molar-refractivity contribution in [3.8, 4) is 17.1 Å². The fourth-order valence-corrected chi connectivity index (χ4v) is 2.23. The van der Waals surface area contributed by atoms with E-state index < -0.39 is 5.97 Å². The average Bonchev–Trinajstić information content (AvgIpc) is 2.84. The highest BCUT2D eigenvalue weighted by Gasteiger charge is 2.19. The molecule has 3 aromatic rings. The smallest absolute Gasteiger partial charge is 0.339 e. The molecule has 3 rings (SSSR count). The quantitative estimate of drug-likeness (QED) is 0.714. The van der Waals surface area contributed by atoms with E-state index in [9.17, 15) is 9.90 Å². The largest absolute Gasteiger partial charge is 0.507 e. The third-order valence-corrected chi connectivity index (χ3v) is 3.20. The predicted molar refractivity (Wildman–Crippen MR) is 79.5 cm³/mol. The summed E-state index contributed by atoms with van der Waals surface area (Å²) in [6.07, 6.45) is 0. The minimum absolute atomic E-state index is 0.201. The summed E-state index contributed by atoms with van der Waals surface area (Å²) < 4.78 is 5.71. The first kappa shape index (κ1) is 12.9. The summed E-state index contributed by atoms with van der Waals surface area (Å²) in [5.74, 6) is -1.08. The Labute approximate surface area is 119 Å². The molecule has 1 heterocycles. The molecule has 0 aliphatic rings. The first-order valence-electron chi connectivity index (χ1n) is 6.16. The SMILES string of the molecule is C=Nc1c(-c2ccccc2)oc2cc(O)c(C(=O)O)cc12. The lowest BCUT2D eigenvalue weighted by molar-refractivity contribution is 0.0694. The van der Waals surface area contributed by atoms with Crippen molar-refractivity contribution in [1.82, 2.24) is 0 Å². The van der Waals surface area contributed by atoms with E-state index in [0.717, 1.165) is 5.56 Å². The molecule has 2 aromatic carbocycles. The highest BCUT2D eigenvalue weighted by atomic mass is 16.4. The molecule has 0 unspecified atom stereocenters. The van der Waals surface area contributed by atoms with Crippen molar-refractivity contribution in [3.05, 3.63) is 48.0 Å². The number of hydrogen-bond acceptors (Lipinski definition) is 4. The molecule has 1 aromatic heterocycles. The van der Waals surface area contributed by atoms with Crippen molar-refractivity contribution in [2.75, 3.05) is 0 Å². The second kappa shape index (κ2) is 4.79. The molecule has 5 nitrogen and oxygen atoms in total. The van der Waals surface area contributed by atoms with Gasteiger partial charge in [-0.25, -0.2) is 4.79 Å². The highest BCUT2D eigenvalue weighted by molar-refractivity contribution is 6.03. The van der Waals surface area contributed by atoms with E-state index in [2.05, 4.69) is 11.7 Å². The zero-order chi connectivity index (χ0) is 15.0. The first-order chi connectivity index (χ1) is 10.1. The summed E-state index contributed by atoms with van der Waals surface area (Å²) in [5.41, 5.74) is 1.41. The Morgan fingerprint density at radius 1 is 1.19 bits per heavy atom. The number of carbonyl (C=O) groups is 1. The van der Waals surface area contributed by atoms with Gasteiger partial charge in [0.05, 0.1) is 0 Å². The van der Waals surface area contributed by atoms with Gasteiger partial charge in [0, 0.05) is 17.0 Å². The number of benzene rings is 2. The molecular weight excluding hydrogens is 270 g/mol. The van der Waals surface area contributed by atoms with E-state index in [1.807, 2.05) is 30.3 Å². The average molecular weight is 281 g/mol. The minimum atomic E-state index is -1.22. The summed E-state index contributed by atoms with van der Waals surface area (Å²) in [4.78, 5) is 15.1. The molecular formula is C16H11NO4. The lowest BCUT2D eigenvalue weighted by Crippen LogP contribution is -1.95. The van der Waals surface area contributed by atoms with Crippen molar-refractivity contribution in [3.63, 3.8) is 0 Å². The Hall–Kier alpha value is -3.08. The van der Waals surface area contributed by atoms with Gasteiger partial charge in [-0.15, -0.1) is 0 Å². The van der Waals surface area contributed by atoms with Gasteiger partial charge in [-0.05, 0) is 12.8 Å². The van der Waals surface area contributed by atoms with Gasteiger partial charge in [0.2, 0.25) is 0 Å². The van der Waals surface area contributed by atoms with E-state index >= 15 is 0 Å². The maximum Gasteiger partial charge on any atom is 0.339 e. The molecule has 0 bridgehead atoms. The van der Waals surface area contributed by atoms with Crippen molar-refractivity contribution in [1.29, 1.82) is 0 Å². The number of phenols is 1. The van der Waals surface area contributed by atoms with Crippen LogP contribution in [-0.4, -0.2) is 22.9 Å². The summed E-state index contributed by atoms with van der Waals surface area (Å²) in [7, 11) is 0. The normalized spacial score (nSPS) is 10.7. The Bertz CT molecular complexity index is 850. The van der Waals surface area contributed by atoms with Crippen LogP contribution in [0.3, 0.4) is 0 Å². The number of furan rings is 1. The van der Waals surface area contributed by atoms with E-state index in [-0.39, 0.29) is 11.3 Å². The van der Waals surface area contributed by atoms with Gasteiger partial charge in [0.15, 0.2) is 5.76 Å². The molecule has 0 aliphatic carbocycles. The summed E-state index contributed by atoms with van der Waals surface area (Å²) in [5, 5.41) is 19.3.